The zero-order valence-electron chi connectivity index (χ0n) is 20.9. The number of hydrogen-bond donors (Lipinski definition) is 6. The van der Waals surface area contributed by atoms with Gasteiger partial charge in [0.1, 0.15) is 0 Å². The van der Waals surface area contributed by atoms with E-state index in [1.54, 1.807) is 34.6 Å². The highest BCUT2D eigenvalue weighted by atomic mass is 16.2. The molecule has 6 amide bonds. The molecule has 0 fully saturated rings. The van der Waals surface area contributed by atoms with Crippen LogP contribution in [0.5, 0.6) is 0 Å². The lowest BCUT2D eigenvalue weighted by Gasteiger charge is -2.19. The number of carbonyl (C=O) groups is 6. The summed E-state index contributed by atoms with van der Waals surface area (Å²) < 4.78 is 0. The maximum absolute atomic E-state index is 12.3. The van der Waals surface area contributed by atoms with Crippen LogP contribution in [0.15, 0.2) is 0 Å². The summed E-state index contributed by atoms with van der Waals surface area (Å²) in [6, 6.07) is 0. The molecule has 0 aliphatic carbocycles. The number of primary amides is 1. The summed E-state index contributed by atoms with van der Waals surface area (Å²) in [6.07, 6.45) is 0. The van der Waals surface area contributed by atoms with Gasteiger partial charge in [-0.2, -0.15) is 0 Å². The van der Waals surface area contributed by atoms with Crippen LogP contribution in [0.4, 0.5) is 0 Å². The molecule has 0 saturated heterocycles. The summed E-state index contributed by atoms with van der Waals surface area (Å²) >= 11 is 0. The predicted molar refractivity (Wildman–Crippen MR) is 126 cm³/mol. The summed E-state index contributed by atoms with van der Waals surface area (Å²) in [5.74, 6) is -4.43. The van der Waals surface area contributed by atoms with Gasteiger partial charge < -0.3 is 32.3 Å². The first kappa shape index (κ1) is 30.8. The highest BCUT2D eigenvalue weighted by molar-refractivity contribution is 5.84. The fourth-order valence-electron chi connectivity index (χ4n) is 2.48. The summed E-state index contributed by atoms with van der Waals surface area (Å²) in [6.45, 7) is 10.2. The largest absolute Gasteiger partial charge is 0.369 e. The Kier molecular flexibility index (Phi) is 14.2. The van der Waals surface area contributed by atoms with E-state index in [-0.39, 0.29) is 62.3 Å². The quantitative estimate of drug-likeness (QED) is 0.160. The number of rotatable bonds is 15. The molecular weight excluding hydrogens is 444 g/mol. The second-order valence-corrected chi connectivity index (χ2v) is 8.83. The van der Waals surface area contributed by atoms with Gasteiger partial charge in [0.15, 0.2) is 0 Å². The zero-order valence-corrected chi connectivity index (χ0v) is 20.9. The van der Waals surface area contributed by atoms with Crippen LogP contribution in [-0.2, 0) is 28.8 Å². The Morgan fingerprint density at radius 3 is 0.971 bits per heavy atom. The molecule has 34 heavy (non-hydrogen) atoms. The molecule has 12 heteroatoms. The fourth-order valence-corrected chi connectivity index (χ4v) is 2.48. The van der Waals surface area contributed by atoms with Crippen LogP contribution in [0.2, 0.25) is 0 Å². The second kappa shape index (κ2) is 15.6. The number of nitrogens with one attached hydrogen (secondary N) is 5. The minimum atomic E-state index is -0.534. The van der Waals surface area contributed by atoms with Gasteiger partial charge in [-0.1, -0.05) is 34.6 Å². The predicted octanol–water partition coefficient (Wildman–Crippen LogP) is -1.75. The van der Waals surface area contributed by atoms with E-state index in [1.165, 1.54) is 6.92 Å². The molecule has 0 aliphatic heterocycles. The van der Waals surface area contributed by atoms with Crippen LogP contribution < -0.4 is 32.3 Å². The van der Waals surface area contributed by atoms with Crippen LogP contribution in [0, 0.1) is 29.6 Å². The van der Waals surface area contributed by atoms with Crippen LogP contribution >= 0.6 is 0 Å². The molecule has 0 bridgehead atoms. The molecule has 0 spiro atoms. The third-order valence-electron chi connectivity index (χ3n) is 5.26. The van der Waals surface area contributed by atoms with Crippen molar-refractivity contribution in [2.45, 2.75) is 41.5 Å². The normalized spacial score (nSPS) is 15.0. The third kappa shape index (κ3) is 12.8. The van der Waals surface area contributed by atoms with E-state index in [1.807, 2.05) is 0 Å². The highest BCUT2D eigenvalue weighted by Crippen LogP contribution is 2.00. The van der Waals surface area contributed by atoms with Crippen LogP contribution in [0.25, 0.3) is 0 Å². The first-order valence-electron chi connectivity index (χ1n) is 11.4. The van der Waals surface area contributed by atoms with Crippen molar-refractivity contribution in [3.05, 3.63) is 0 Å². The van der Waals surface area contributed by atoms with Gasteiger partial charge >= 0.3 is 0 Å². The van der Waals surface area contributed by atoms with Gasteiger partial charge in [-0.3, -0.25) is 28.8 Å². The molecule has 0 aromatic rings. The number of nitrogens with two attached hydrogens (primary N) is 1. The van der Waals surface area contributed by atoms with Crippen molar-refractivity contribution in [2.75, 3.05) is 32.7 Å². The number of carbonyl (C=O) groups excluding carboxylic acids is 6. The van der Waals surface area contributed by atoms with E-state index in [2.05, 4.69) is 26.6 Å². The highest BCUT2D eigenvalue weighted by Gasteiger charge is 2.21. The molecule has 0 aliphatic rings. The van der Waals surface area contributed by atoms with Crippen LogP contribution in [-0.4, -0.2) is 68.2 Å². The smallest absolute Gasteiger partial charge is 0.224 e. The lowest BCUT2D eigenvalue weighted by atomic mass is 10.1. The molecule has 0 unspecified atom stereocenters. The average molecular weight is 485 g/mol. The van der Waals surface area contributed by atoms with Crippen molar-refractivity contribution in [1.29, 1.82) is 0 Å². The van der Waals surface area contributed by atoms with E-state index >= 15 is 0 Å². The topological polar surface area (TPSA) is 189 Å². The van der Waals surface area contributed by atoms with E-state index in [0.29, 0.717) is 0 Å². The Morgan fingerprint density at radius 1 is 0.500 bits per heavy atom. The fraction of sp³-hybridized carbons (Fsp3) is 0.727. The first-order valence-corrected chi connectivity index (χ1v) is 11.4. The van der Waals surface area contributed by atoms with Gasteiger partial charge in [-0.05, 0) is 0 Å². The molecule has 0 aromatic heterocycles. The van der Waals surface area contributed by atoms with Crippen molar-refractivity contribution in [3.63, 3.8) is 0 Å². The molecule has 12 nitrogen and oxygen atoms in total. The molecule has 0 saturated carbocycles. The van der Waals surface area contributed by atoms with E-state index < -0.39 is 35.5 Å². The molecule has 5 atom stereocenters. The molecule has 194 valence electrons. The lowest BCUT2D eigenvalue weighted by Crippen LogP contribution is -2.45. The number of amides is 6. The molecule has 0 heterocycles. The third-order valence-corrected chi connectivity index (χ3v) is 5.26. The summed E-state index contributed by atoms with van der Waals surface area (Å²) in [4.78, 5) is 70.5. The molecule has 0 aromatic carbocycles. The maximum atomic E-state index is 12.3. The second-order valence-electron chi connectivity index (χ2n) is 8.83. The first-order chi connectivity index (χ1) is 15.8. The van der Waals surface area contributed by atoms with E-state index in [0.717, 1.165) is 0 Å². The van der Waals surface area contributed by atoms with Gasteiger partial charge in [0.25, 0.3) is 0 Å². The van der Waals surface area contributed by atoms with E-state index in [9.17, 15) is 28.8 Å². The van der Waals surface area contributed by atoms with Crippen LogP contribution in [0.3, 0.4) is 0 Å². The van der Waals surface area contributed by atoms with Crippen molar-refractivity contribution in [3.8, 4) is 0 Å². The Bertz CT molecular complexity index is 743. The van der Waals surface area contributed by atoms with Crippen molar-refractivity contribution in [1.82, 2.24) is 26.6 Å². The van der Waals surface area contributed by atoms with Crippen molar-refractivity contribution in [2.24, 2.45) is 35.3 Å². The minimum Gasteiger partial charge on any atom is -0.369 e. The van der Waals surface area contributed by atoms with Gasteiger partial charge in [0.2, 0.25) is 35.4 Å². The van der Waals surface area contributed by atoms with Gasteiger partial charge in [-0.15, -0.1) is 0 Å². The maximum Gasteiger partial charge on any atom is 0.224 e. The van der Waals surface area contributed by atoms with Gasteiger partial charge in [0, 0.05) is 39.6 Å². The Labute approximate surface area is 200 Å². The summed E-state index contributed by atoms with van der Waals surface area (Å²) in [7, 11) is 0. The minimum absolute atomic E-state index is 0.0958. The molecule has 7 N–H and O–H groups in total. The number of hydrogen-bond acceptors (Lipinski definition) is 6. The SMILES string of the molecule is CC(=O)NC[C@H](C)C(=O)NC[C@H](C)C(=O)NC[C@H](C)C(=O)NC[C@H](C)C(=O)NC[C@H](C)C(N)=O. The van der Waals surface area contributed by atoms with Crippen LogP contribution in [0.1, 0.15) is 41.5 Å². The Balaban J connectivity index is 4.28. The van der Waals surface area contributed by atoms with Crippen molar-refractivity contribution >= 4 is 35.4 Å². The zero-order chi connectivity index (χ0) is 26.4. The molecular formula is C22H40N6O6. The Morgan fingerprint density at radius 2 is 0.735 bits per heavy atom. The lowest BCUT2D eigenvalue weighted by molar-refractivity contribution is -0.127. The average Bonchev–Trinajstić information content (AvgIpc) is 2.79. The monoisotopic (exact) mass is 484 g/mol. The molecule has 0 rings (SSSR count). The summed E-state index contributed by atoms with van der Waals surface area (Å²) in [5.41, 5.74) is 5.15. The van der Waals surface area contributed by atoms with Crippen molar-refractivity contribution < 1.29 is 28.8 Å². The standard InChI is InChI=1S/C22H40N6O6/c1-12(18(23)30)7-25-20(32)14(3)9-27-22(34)16(5)11-28-21(33)15(4)10-26-19(31)13(2)8-24-17(6)29/h12-16H,7-11H2,1-6H3,(H2,23,30)(H,24,29)(H,25,32)(H,26,31)(H,27,34)(H,28,33)/t12-,13-,14-,15-,16-/m0/s1. The Hall–Kier alpha value is -3.18. The van der Waals surface area contributed by atoms with E-state index in [4.69, 9.17) is 5.73 Å². The van der Waals surface area contributed by atoms with Gasteiger partial charge in [-0.25, -0.2) is 0 Å². The van der Waals surface area contributed by atoms with Gasteiger partial charge in [0.05, 0.1) is 29.6 Å². The summed E-state index contributed by atoms with van der Waals surface area (Å²) in [5, 5.41) is 13.2. The molecule has 0 radical (unpaired) electrons.